The van der Waals surface area contributed by atoms with Gasteiger partial charge in [0.1, 0.15) is 12.6 Å². The number of rotatable bonds is 2. The fourth-order valence-corrected chi connectivity index (χ4v) is 2.43. The number of aliphatic hydroxyl groups is 1. The van der Waals surface area contributed by atoms with Crippen molar-refractivity contribution in [1.82, 2.24) is 10.2 Å². The van der Waals surface area contributed by atoms with Gasteiger partial charge in [-0.05, 0) is 18.6 Å². The summed E-state index contributed by atoms with van der Waals surface area (Å²) in [5.74, 6) is 5.02. The molecule has 1 aromatic rings. The van der Waals surface area contributed by atoms with Crippen molar-refractivity contribution >= 4 is 11.8 Å². The van der Waals surface area contributed by atoms with Crippen molar-refractivity contribution in [2.24, 2.45) is 0 Å². The van der Waals surface area contributed by atoms with E-state index in [0.29, 0.717) is 30.6 Å². The van der Waals surface area contributed by atoms with E-state index in [1.807, 2.05) is 6.92 Å². The first-order valence-corrected chi connectivity index (χ1v) is 6.96. The first-order valence-electron chi connectivity index (χ1n) is 6.96. The summed E-state index contributed by atoms with van der Waals surface area (Å²) >= 11 is 0. The van der Waals surface area contributed by atoms with E-state index < -0.39 is 6.04 Å². The highest BCUT2D eigenvalue weighted by Crippen LogP contribution is 2.16. The molecule has 5 heteroatoms. The zero-order valence-corrected chi connectivity index (χ0v) is 11.9. The Kier molecular flexibility index (Phi) is 4.96. The van der Waals surface area contributed by atoms with Gasteiger partial charge < -0.3 is 15.3 Å². The quantitative estimate of drug-likeness (QED) is 0.772. The molecule has 1 aliphatic heterocycles. The van der Waals surface area contributed by atoms with Crippen LogP contribution in [0, 0.1) is 11.8 Å². The summed E-state index contributed by atoms with van der Waals surface area (Å²) in [4.78, 5) is 26.2. The molecule has 0 aromatic heterocycles. The van der Waals surface area contributed by atoms with Gasteiger partial charge in [0.15, 0.2) is 0 Å². The number of hydrogen-bond donors (Lipinski definition) is 2. The van der Waals surface area contributed by atoms with E-state index in [-0.39, 0.29) is 18.4 Å². The van der Waals surface area contributed by atoms with Crippen molar-refractivity contribution in [3.05, 3.63) is 35.4 Å². The van der Waals surface area contributed by atoms with Crippen molar-refractivity contribution in [3.63, 3.8) is 0 Å². The minimum absolute atomic E-state index is 0.115. The number of carbonyl (C=O) groups is 2. The number of benzene rings is 1. The van der Waals surface area contributed by atoms with E-state index in [2.05, 4.69) is 17.2 Å². The summed E-state index contributed by atoms with van der Waals surface area (Å²) in [6.07, 6.45) is 0.571. The number of aliphatic hydroxyl groups excluding tert-OH is 1. The monoisotopic (exact) mass is 286 g/mol. The molecule has 1 fully saturated rings. The number of hydrogen-bond acceptors (Lipinski definition) is 3. The molecule has 2 rings (SSSR count). The van der Waals surface area contributed by atoms with Crippen LogP contribution in [0.15, 0.2) is 24.3 Å². The third-order valence-electron chi connectivity index (χ3n) is 3.44. The average molecular weight is 286 g/mol. The van der Waals surface area contributed by atoms with Crippen LogP contribution < -0.4 is 5.32 Å². The van der Waals surface area contributed by atoms with Crippen molar-refractivity contribution in [2.45, 2.75) is 19.4 Å². The van der Waals surface area contributed by atoms with E-state index in [1.165, 1.54) is 0 Å². The lowest BCUT2D eigenvalue weighted by Crippen LogP contribution is -2.57. The SMILES string of the molecule is CCC1C(=O)NCCN1C(=O)c1ccccc1C#CCO. The van der Waals surface area contributed by atoms with Crippen LogP contribution in [0.1, 0.15) is 29.3 Å². The largest absolute Gasteiger partial charge is 0.384 e. The summed E-state index contributed by atoms with van der Waals surface area (Å²) in [6, 6.07) is 6.55. The third kappa shape index (κ3) is 3.23. The van der Waals surface area contributed by atoms with E-state index in [1.54, 1.807) is 29.2 Å². The maximum atomic E-state index is 12.7. The smallest absolute Gasteiger partial charge is 0.255 e. The Labute approximate surface area is 124 Å². The summed E-state index contributed by atoms with van der Waals surface area (Å²) in [6.45, 7) is 2.58. The molecule has 1 atom stereocenters. The van der Waals surface area contributed by atoms with Crippen LogP contribution in [0.25, 0.3) is 0 Å². The fraction of sp³-hybridized carbons (Fsp3) is 0.375. The lowest BCUT2D eigenvalue weighted by atomic mass is 10.0. The van der Waals surface area contributed by atoms with Crippen LogP contribution in [0.4, 0.5) is 0 Å². The van der Waals surface area contributed by atoms with Gasteiger partial charge in [-0.15, -0.1) is 0 Å². The molecule has 2 amide bonds. The molecule has 1 aliphatic rings. The normalized spacial score (nSPS) is 17.7. The first-order chi connectivity index (χ1) is 10.2. The van der Waals surface area contributed by atoms with E-state index in [4.69, 9.17) is 5.11 Å². The predicted molar refractivity (Wildman–Crippen MR) is 78.5 cm³/mol. The molecular weight excluding hydrogens is 268 g/mol. The maximum Gasteiger partial charge on any atom is 0.255 e. The first kappa shape index (κ1) is 15.1. The van der Waals surface area contributed by atoms with Gasteiger partial charge in [-0.1, -0.05) is 30.9 Å². The molecule has 1 saturated heterocycles. The molecule has 5 nitrogen and oxygen atoms in total. The molecule has 21 heavy (non-hydrogen) atoms. The number of piperazine rings is 1. The van der Waals surface area contributed by atoms with E-state index >= 15 is 0 Å². The molecule has 0 bridgehead atoms. The Morgan fingerprint density at radius 2 is 2.24 bits per heavy atom. The van der Waals surface area contributed by atoms with E-state index in [0.717, 1.165) is 0 Å². The lowest BCUT2D eigenvalue weighted by Gasteiger charge is -2.34. The maximum absolute atomic E-state index is 12.7. The minimum Gasteiger partial charge on any atom is -0.384 e. The van der Waals surface area contributed by atoms with Crippen LogP contribution in [-0.2, 0) is 4.79 Å². The van der Waals surface area contributed by atoms with Gasteiger partial charge in [-0.3, -0.25) is 9.59 Å². The zero-order valence-electron chi connectivity index (χ0n) is 11.9. The van der Waals surface area contributed by atoms with Crippen molar-refractivity contribution in [3.8, 4) is 11.8 Å². The zero-order chi connectivity index (χ0) is 15.2. The van der Waals surface area contributed by atoms with Crippen molar-refractivity contribution < 1.29 is 14.7 Å². The molecule has 0 saturated carbocycles. The Morgan fingerprint density at radius 1 is 1.48 bits per heavy atom. The summed E-state index contributed by atoms with van der Waals surface area (Å²) < 4.78 is 0. The number of nitrogens with zero attached hydrogens (tertiary/aromatic N) is 1. The van der Waals surface area contributed by atoms with Gasteiger partial charge in [0, 0.05) is 18.7 Å². The molecule has 2 N–H and O–H groups in total. The fourth-order valence-electron chi connectivity index (χ4n) is 2.43. The average Bonchev–Trinajstić information content (AvgIpc) is 2.52. The number of nitrogens with one attached hydrogen (secondary N) is 1. The Morgan fingerprint density at radius 3 is 2.95 bits per heavy atom. The Hall–Kier alpha value is -2.32. The molecule has 0 spiro atoms. The van der Waals surface area contributed by atoms with Crippen LogP contribution in [0.5, 0.6) is 0 Å². The second kappa shape index (κ2) is 6.91. The van der Waals surface area contributed by atoms with E-state index in [9.17, 15) is 9.59 Å². The van der Waals surface area contributed by atoms with Gasteiger partial charge in [-0.2, -0.15) is 0 Å². The topological polar surface area (TPSA) is 69.6 Å². The predicted octanol–water partition coefficient (Wildman–Crippen LogP) is 0.381. The Bertz CT molecular complexity index is 601. The van der Waals surface area contributed by atoms with Gasteiger partial charge in [0.25, 0.3) is 5.91 Å². The highest BCUT2D eigenvalue weighted by Gasteiger charge is 2.32. The van der Waals surface area contributed by atoms with Crippen LogP contribution in [0.3, 0.4) is 0 Å². The number of amides is 2. The highest BCUT2D eigenvalue weighted by atomic mass is 16.2. The van der Waals surface area contributed by atoms with Crippen molar-refractivity contribution in [2.75, 3.05) is 19.7 Å². The van der Waals surface area contributed by atoms with Gasteiger partial charge in [-0.25, -0.2) is 0 Å². The standard InChI is InChI=1S/C16H18N2O3/c1-2-14-15(20)17-9-10-18(14)16(21)13-8-4-3-6-12(13)7-5-11-19/h3-4,6,8,14,19H,2,9-11H2,1H3,(H,17,20). The lowest BCUT2D eigenvalue weighted by molar-refractivity contribution is -0.127. The molecule has 1 aromatic carbocycles. The van der Waals surface area contributed by atoms with Gasteiger partial charge in [0.2, 0.25) is 5.91 Å². The summed E-state index contributed by atoms with van der Waals surface area (Å²) in [5, 5.41) is 11.6. The summed E-state index contributed by atoms with van der Waals surface area (Å²) in [7, 11) is 0. The molecule has 1 unspecified atom stereocenters. The van der Waals surface area contributed by atoms with Crippen LogP contribution >= 0.6 is 0 Å². The molecule has 0 aliphatic carbocycles. The van der Waals surface area contributed by atoms with Crippen molar-refractivity contribution in [1.29, 1.82) is 0 Å². The van der Waals surface area contributed by atoms with Gasteiger partial charge >= 0.3 is 0 Å². The third-order valence-corrected chi connectivity index (χ3v) is 3.44. The van der Waals surface area contributed by atoms with Crippen LogP contribution in [0.2, 0.25) is 0 Å². The second-order valence-electron chi connectivity index (χ2n) is 4.72. The van der Waals surface area contributed by atoms with Crippen LogP contribution in [-0.4, -0.2) is 47.6 Å². The minimum atomic E-state index is -0.440. The number of carbonyl (C=O) groups excluding carboxylic acids is 2. The molecule has 110 valence electrons. The molecule has 0 radical (unpaired) electrons. The highest BCUT2D eigenvalue weighted by molar-refractivity contribution is 6.00. The summed E-state index contributed by atoms with van der Waals surface area (Å²) in [5.41, 5.74) is 1.03. The molecule has 1 heterocycles. The molecular formula is C16H18N2O3. The Balaban J connectivity index is 2.33. The van der Waals surface area contributed by atoms with Gasteiger partial charge in [0.05, 0.1) is 5.56 Å². The second-order valence-corrected chi connectivity index (χ2v) is 4.72.